The van der Waals surface area contributed by atoms with Crippen molar-refractivity contribution in [2.45, 2.75) is 31.6 Å². The van der Waals surface area contributed by atoms with Gasteiger partial charge in [-0.3, -0.25) is 19.4 Å². The van der Waals surface area contributed by atoms with Crippen molar-refractivity contribution in [3.8, 4) is 0 Å². The highest BCUT2D eigenvalue weighted by Gasteiger charge is 2.47. The first-order valence-corrected chi connectivity index (χ1v) is 9.79. The summed E-state index contributed by atoms with van der Waals surface area (Å²) in [5.41, 5.74) is 1.69. The molecule has 6 nitrogen and oxygen atoms in total. The van der Waals surface area contributed by atoms with E-state index in [1.54, 1.807) is 0 Å². The van der Waals surface area contributed by atoms with Gasteiger partial charge >= 0.3 is 0 Å². The van der Waals surface area contributed by atoms with Crippen LogP contribution in [-0.2, 0) is 9.59 Å². The Balaban J connectivity index is 1.30. The molecule has 2 saturated heterocycles. The summed E-state index contributed by atoms with van der Waals surface area (Å²) >= 11 is 0. The van der Waals surface area contributed by atoms with Crippen molar-refractivity contribution in [3.63, 3.8) is 0 Å². The van der Waals surface area contributed by atoms with Gasteiger partial charge in [-0.15, -0.1) is 0 Å². The average molecular weight is 365 g/mol. The zero-order chi connectivity index (χ0) is 18.4. The van der Waals surface area contributed by atoms with Crippen LogP contribution < -0.4 is 0 Å². The summed E-state index contributed by atoms with van der Waals surface area (Å²) in [4.78, 5) is 33.7. The highest BCUT2D eigenvalue weighted by atomic mass is 16.3. The summed E-state index contributed by atoms with van der Waals surface area (Å²) < 4.78 is 5.95. The fraction of sp³-hybridized carbons (Fsp3) is 0.476. The van der Waals surface area contributed by atoms with E-state index < -0.39 is 0 Å². The van der Waals surface area contributed by atoms with Gasteiger partial charge in [0.25, 0.3) is 0 Å². The molecule has 2 amide bonds. The number of amides is 2. The average Bonchev–Trinajstić information content (AvgIpc) is 3.24. The summed E-state index contributed by atoms with van der Waals surface area (Å²) in [5.74, 6) is 0.651. The number of carbonyl (C=O) groups is 2. The first-order chi connectivity index (χ1) is 13.2. The summed E-state index contributed by atoms with van der Waals surface area (Å²) in [7, 11) is 0. The van der Waals surface area contributed by atoms with Gasteiger partial charge in [-0.25, -0.2) is 4.98 Å². The zero-order valence-corrected chi connectivity index (χ0v) is 15.2. The van der Waals surface area contributed by atoms with E-state index in [1.165, 1.54) is 4.90 Å². The van der Waals surface area contributed by atoms with Gasteiger partial charge in [0.1, 0.15) is 5.52 Å². The van der Waals surface area contributed by atoms with Crippen LogP contribution in [0.5, 0.6) is 0 Å². The van der Waals surface area contributed by atoms with E-state index in [2.05, 4.69) is 9.88 Å². The molecular weight excluding hydrogens is 342 g/mol. The molecular formula is C21H23N3O3. The van der Waals surface area contributed by atoms with Crippen molar-refractivity contribution >= 4 is 22.9 Å². The number of hydrogen-bond acceptors (Lipinski definition) is 5. The van der Waals surface area contributed by atoms with E-state index in [1.807, 2.05) is 36.4 Å². The number of likely N-dealkylation sites (tertiary alicyclic amines) is 2. The minimum absolute atomic E-state index is 0.00154. The largest absolute Gasteiger partial charge is 0.440 e. The molecule has 1 aromatic carbocycles. The Morgan fingerprint density at radius 1 is 1.07 bits per heavy atom. The number of nitrogens with zero attached hydrogens (tertiary/aromatic N) is 3. The van der Waals surface area contributed by atoms with Crippen LogP contribution in [0.2, 0.25) is 0 Å². The standard InChI is InChI=1S/C21H23N3O3/c25-20-15-7-1-2-8-16(15)21(26)24(20)13-23-11-5-6-14(12-23)19-22-17-9-3-4-10-18(17)27-19/h1-4,9-10,14-16H,5-8,11-13H2/t14-,15+,16+/m0/s1. The number of aromatic nitrogens is 1. The van der Waals surface area contributed by atoms with Crippen molar-refractivity contribution in [2.75, 3.05) is 19.8 Å². The van der Waals surface area contributed by atoms with E-state index >= 15 is 0 Å². The lowest BCUT2D eigenvalue weighted by Crippen LogP contribution is -2.45. The number of oxazole rings is 1. The molecule has 1 aromatic heterocycles. The molecule has 0 spiro atoms. The maximum atomic E-state index is 12.7. The molecule has 5 rings (SSSR count). The van der Waals surface area contributed by atoms with Crippen LogP contribution in [0.15, 0.2) is 40.8 Å². The third-order valence-corrected chi connectivity index (χ3v) is 6.11. The van der Waals surface area contributed by atoms with Crippen LogP contribution in [0.3, 0.4) is 0 Å². The Hall–Kier alpha value is -2.47. The van der Waals surface area contributed by atoms with Crippen LogP contribution in [0.4, 0.5) is 0 Å². The number of piperidine rings is 1. The summed E-state index contributed by atoms with van der Waals surface area (Å²) in [6.07, 6.45) is 7.46. The first kappa shape index (κ1) is 16.7. The molecule has 0 radical (unpaired) electrons. The quantitative estimate of drug-likeness (QED) is 0.618. The molecule has 27 heavy (non-hydrogen) atoms. The third kappa shape index (κ3) is 2.88. The van der Waals surface area contributed by atoms with Gasteiger partial charge in [-0.2, -0.15) is 0 Å². The number of hydrogen-bond donors (Lipinski definition) is 0. The number of benzene rings is 1. The second kappa shape index (κ2) is 6.60. The zero-order valence-electron chi connectivity index (χ0n) is 15.2. The van der Waals surface area contributed by atoms with Crippen molar-refractivity contribution in [3.05, 3.63) is 42.3 Å². The van der Waals surface area contributed by atoms with Crippen LogP contribution in [0.1, 0.15) is 37.5 Å². The SMILES string of the molecule is O=C1[C@@H]2CC=CC[C@H]2C(=O)N1CN1CCC[C@H](c2nc3ccccc3o2)C1. The molecule has 3 atom stereocenters. The number of rotatable bonds is 3. The number of carbonyl (C=O) groups excluding carboxylic acids is 2. The van der Waals surface area contributed by atoms with Crippen molar-refractivity contribution in [1.29, 1.82) is 0 Å². The van der Waals surface area contributed by atoms with Crippen LogP contribution >= 0.6 is 0 Å². The predicted octanol–water partition coefficient (Wildman–Crippen LogP) is 2.92. The Morgan fingerprint density at radius 2 is 1.81 bits per heavy atom. The highest BCUT2D eigenvalue weighted by Crippen LogP contribution is 2.36. The van der Waals surface area contributed by atoms with Gasteiger partial charge in [0.05, 0.1) is 18.5 Å². The highest BCUT2D eigenvalue weighted by molar-refractivity contribution is 6.05. The normalized spacial score (nSPS) is 28.9. The molecule has 0 N–H and O–H groups in total. The lowest BCUT2D eigenvalue weighted by molar-refractivity contribution is -0.142. The fourth-order valence-electron chi connectivity index (χ4n) is 4.66. The minimum Gasteiger partial charge on any atom is -0.440 e. The van der Waals surface area contributed by atoms with Gasteiger partial charge in [0.2, 0.25) is 11.8 Å². The molecule has 2 fully saturated rings. The monoisotopic (exact) mass is 365 g/mol. The molecule has 2 aromatic rings. The molecule has 6 heteroatoms. The summed E-state index contributed by atoms with van der Waals surface area (Å²) in [6.45, 7) is 2.04. The van der Waals surface area contributed by atoms with Gasteiger partial charge in [0.15, 0.2) is 11.5 Å². The fourth-order valence-corrected chi connectivity index (χ4v) is 4.66. The molecule has 0 bridgehead atoms. The van der Waals surface area contributed by atoms with E-state index in [0.29, 0.717) is 19.5 Å². The van der Waals surface area contributed by atoms with E-state index in [4.69, 9.17) is 4.42 Å². The Labute approximate surface area is 157 Å². The lowest BCUT2D eigenvalue weighted by Gasteiger charge is -2.33. The minimum atomic E-state index is -0.153. The van der Waals surface area contributed by atoms with Gasteiger partial charge in [-0.1, -0.05) is 24.3 Å². The van der Waals surface area contributed by atoms with Gasteiger partial charge < -0.3 is 4.42 Å². The van der Waals surface area contributed by atoms with Crippen LogP contribution in [0.25, 0.3) is 11.1 Å². The molecule has 1 aliphatic carbocycles. The Morgan fingerprint density at radius 3 is 2.56 bits per heavy atom. The van der Waals surface area contributed by atoms with Gasteiger partial charge in [0, 0.05) is 12.5 Å². The van der Waals surface area contributed by atoms with Crippen molar-refractivity contribution in [2.24, 2.45) is 11.8 Å². The second-order valence-electron chi connectivity index (χ2n) is 7.84. The maximum Gasteiger partial charge on any atom is 0.234 e. The number of allylic oxidation sites excluding steroid dienone is 2. The van der Waals surface area contributed by atoms with E-state index in [0.717, 1.165) is 42.9 Å². The van der Waals surface area contributed by atoms with Crippen LogP contribution in [0, 0.1) is 11.8 Å². The number of imide groups is 1. The topological polar surface area (TPSA) is 66.7 Å². The van der Waals surface area contributed by atoms with Crippen molar-refractivity contribution < 1.29 is 14.0 Å². The number of para-hydroxylation sites is 2. The Bertz CT molecular complexity index is 859. The van der Waals surface area contributed by atoms with Crippen molar-refractivity contribution in [1.82, 2.24) is 14.8 Å². The molecule has 0 saturated carbocycles. The molecule has 3 heterocycles. The number of fused-ring (bicyclic) bond motifs is 2. The molecule has 2 aliphatic heterocycles. The first-order valence-electron chi connectivity index (χ1n) is 9.79. The smallest absolute Gasteiger partial charge is 0.234 e. The summed E-state index contributed by atoms with van der Waals surface area (Å²) in [6, 6.07) is 7.80. The summed E-state index contributed by atoms with van der Waals surface area (Å²) in [5, 5.41) is 0. The van der Waals surface area contributed by atoms with Gasteiger partial charge in [-0.05, 0) is 44.4 Å². The maximum absolute atomic E-state index is 12.7. The Kier molecular flexibility index (Phi) is 4.08. The second-order valence-corrected chi connectivity index (χ2v) is 7.84. The van der Waals surface area contributed by atoms with Crippen LogP contribution in [-0.4, -0.2) is 46.4 Å². The predicted molar refractivity (Wildman–Crippen MR) is 99.6 cm³/mol. The third-order valence-electron chi connectivity index (χ3n) is 6.11. The van der Waals surface area contributed by atoms with E-state index in [9.17, 15) is 9.59 Å². The lowest BCUT2D eigenvalue weighted by atomic mass is 9.85. The molecule has 0 unspecified atom stereocenters. The molecule has 140 valence electrons. The molecule has 3 aliphatic rings. The van der Waals surface area contributed by atoms with E-state index in [-0.39, 0.29) is 29.6 Å².